The summed E-state index contributed by atoms with van der Waals surface area (Å²) in [6.07, 6.45) is 10.9. The zero-order valence-corrected chi connectivity index (χ0v) is 19.8. The van der Waals surface area contributed by atoms with Crippen LogP contribution in [-0.4, -0.2) is 18.3 Å². The first-order chi connectivity index (χ1) is 16.3. The molecule has 3 aromatic rings. The van der Waals surface area contributed by atoms with Crippen LogP contribution in [0.2, 0.25) is 0 Å². The van der Waals surface area contributed by atoms with E-state index in [1.807, 2.05) is 30.3 Å². The van der Waals surface area contributed by atoms with E-state index in [0.717, 1.165) is 37.4 Å². The van der Waals surface area contributed by atoms with Crippen LogP contribution in [-0.2, 0) is 6.61 Å². The molecule has 0 aliphatic heterocycles. The van der Waals surface area contributed by atoms with Crippen LogP contribution in [0.1, 0.15) is 63.4 Å². The summed E-state index contributed by atoms with van der Waals surface area (Å²) in [6, 6.07) is 26.8. The molecule has 0 saturated carbocycles. The van der Waals surface area contributed by atoms with Crippen molar-refractivity contribution in [1.82, 2.24) is 0 Å². The van der Waals surface area contributed by atoms with Gasteiger partial charge in [0.25, 0.3) is 0 Å². The lowest BCUT2D eigenvalue weighted by Crippen LogP contribution is -1.97. The van der Waals surface area contributed by atoms with Crippen LogP contribution in [0.5, 0.6) is 11.5 Å². The third-order valence-corrected chi connectivity index (χ3v) is 5.86. The maximum Gasteiger partial charge on any atom is 0.119 e. The standard InChI is InChI=1S/C30H38O3/c31-23-11-6-4-2-1-3-5-7-12-24-32-29-19-15-27(16-20-29)28-17-21-30(22-18-28)33-25-26-13-9-8-10-14-26/h8-10,13-22,31H,1-7,11-12,23-25H2. The summed E-state index contributed by atoms with van der Waals surface area (Å²) in [5.74, 6) is 1.81. The number of hydrogen-bond donors (Lipinski definition) is 1. The fourth-order valence-electron chi connectivity index (χ4n) is 3.87. The third kappa shape index (κ3) is 9.71. The molecule has 0 heterocycles. The summed E-state index contributed by atoms with van der Waals surface area (Å²) in [4.78, 5) is 0. The first kappa shape index (κ1) is 24.9. The minimum absolute atomic E-state index is 0.334. The van der Waals surface area contributed by atoms with Gasteiger partial charge in [-0.2, -0.15) is 0 Å². The maximum absolute atomic E-state index is 8.78. The van der Waals surface area contributed by atoms with Gasteiger partial charge in [0.15, 0.2) is 0 Å². The molecule has 0 atom stereocenters. The molecule has 33 heavy (non-hydrogen) atoms. The van der Waals surface area contributed by atoms with Gasteiger partial charge >= 0.3 is 0 Å². The van der Waals surface area contributed by atoms with E-state index in [4.69, 9.17) is 14.6 Å². The van der Waals surface area contributed by atoms with Crippen molar-refractivity contribution in [3.63, 3.8) is 0 Å². The largest absolute Gasteiger partial charge is 0.494 e. The molecule has 0 fully saturated rings. The quantitative estimate of drug-likeness (QED) is 0.228. The van der Waals surface area contributed by atoms with Crippen molar-refractivity contribution in [2.45, 2.75) is 64.4 Å². The van der Waals surface area contributed by atoms with E-state index in [-0.39, 0.29) is 0 Å². The lowest BCUT2D eigenvalue weighted by atomic mass is 10.1. The lowest BCUT2D eigenvalue weighted by Gasteiger charge is -2.09. The summed E-state index contributed by atoms with van der Waals surface area (Å²) in [5, 5.41) is 8.78. The Labute approximate surface area is 199 Å². The Hall–Kier alpha value is -2.78. The van der Waals surface area contributed by atoms with Crippen molar-refractivity contribution in [2.75, 3.05) is 13.2 Å². The van der Waals surface area contributed by atoms with Gasteiger partial charge in [0, 0.05) is 6.61 Å². The fraction of sp³-hybridized carbons (Fsp3) is 0.400. The Morgan fingerprint density at radius 2 is 0.970 bits per heavy atom. The molecular weight excluding hydrogens is 408 g/mol. The summed E-state index contributed by atoms with van der Waals surface area (Å²) < 4.78 is 11.8. The van der Waals surface area contributed by atoms with Crippen LogP contribution in [0.4, 0.5) is 0 Å². The summed E-state index contributed by atoms with van der Waals surface area (Å²) >= 11 is 0. The highest BCUT2D eigenvalue weighted by Gasteiger charge is 2.01. The molecule has 3 heteroatoms. The molecule has 3 rings (SSSR count). The van der Waals surface area contributed by atoms with E-state index < -0.39 is 0 Å². The van der Waals surface area contributed by atoms with Crippen molar-refractivity contribution in [1.29, 1.82) is 0 Å². The van der Waals surface area contributed by atoms with E-state index in [1.165, 1.54) is 55.2 Å². The van der Waals surface area contributed by atoms with Crippen LogP contribution >= 0.6 is 0 Å². The Balaban J connectivity index is 1.30. The molecule has 1 N–H and O–H groups in total. The monoisotopic (exact) mass is 446 g/mol. The number of aliphatic hydroxyl groups is 1. The molecule has 0 aliphatic carbocycles. The van der Waals surface area contributed by atoms with E-state index in [1.54, 1.807) is 0 Å². The molecule has 0 unspecified atom stereocenters. The number of unbranched alkanes of at least 4 members (excludes halogenated alkanes) is 8. The van der Waals surface area contributed by atoms with E-state index >= 15 is 0 Å². The van der Waals surface area contributed by atoms with Gasteiger partial charge in [-0.05, 0) is 53.8 Å². The van der Waals surface area contributed by atoms with Crippen LogP contribution in [0.3, 0.4) is 0 Å². The molecule has 176 valence electrons. The molecule has 0 spiro atoms. The summed E-state index contributed by atoms with van der Waals surface area (Å²) in [6.45, 7) is 1.70. The second-order valence-corrected chi connectivity index (χ2v) is 8.58. The second-order valence-electron chi connectivity index (χ2n) is 8.58. The molecular formula is C30H38O3. The van der Waals surface area contributed by atoms with E-state index in [0.29, 0.717) is 13.2 Å². The normalized spacial score (nSPS) is 10.8. The first-order valence-corrected chi connectivity index (χ1v) is 12.5. The molecule has 0 amide bonds. The zero-order valence-electron chi connectivity index (χ0n) is 19.8. The second kappa shape index (κ2) is 15.1. The van der Waals surface area contributed by atoms with Crippen molar-refractivity contribution >= 4 is 0 Å². The topological polar surface area (TPSA) is 38.7 Å². The highest BCUT2D eigenvalue weighted by atomic mass is 16.5. The van der Waals surface area contributed by atoms with Gasteiger partial charge in [-0.1, -0.05) is 99.5 Å². The van der Waals surface area contributed by atoms with Gasteiger partial charge < -0.3 is 14.6 Å². The van der Waals surface area contributed by atoms with Crippen molar-refractivity contribution in [3.8, 4) is 22.6 Å². The third-order valence-electron chi connectivity index (χ3n) is 5.86. The SMILES string of the molecule is OCCCCCCCCCCCOc1ccc(-c2ccc(OCc3ccccc3)cc2)cc1. The molecule has 0 saturated heterocycles. The van der Waals surface area contributed by atoms with Crippen molar-refractivity contribution < 1.29 is 14.6 Å². The Kier molecular flexibility index (Phi) is 11.4. The number of rotatable bonds is 16. The minimum atomic E-state index is 0.334. The highest BCUT2D eigenvalue weighted by Crippen LogP contribution is 2.25. The Bertz CT molecular complexity index is 873. The summed E-state index contributed by atoms with van der Waals surface area (Å²) in [7, 11) is 0. The zero-order chi connectivity index (χ0) is 23.0. The van der Waals surface area contributed by atoms with Gasteiger partial charge in [-0.25, -0.2) is 0 Å². The van der Waals surface area contributed by atoms with Gasteiger partial charge in [-0.15, -0.1) is 0 Å². The Morgan fingerprint density at radius 1 is 0.485 bits per heavy atom. The first-order valence-electron chi connectivity index (χ1n) is 12.5. The van der Waals surface area contributed by atoms with Gasteiger partial charge in [0.05, 0.1) is 6.61 Å². The minimum Gasteiger partial charge on any atom is -0.494 e. The van der Waals surface area contributed by atoms with Crippen LogP contribution in [0.25, 0.3) is 11.1 Å². The molecule has 0 aromatic heterocycles. The van der Waals surface area contributed by atoms with Crippen LogP contribution < -0.4 is 9.47 Å². The molecule has 0 aliphatic rings. The molecule has 3 aromatic carbocycles. The average molecular weight is 447 g/mol. The molecule has 3 nitrogen and oxygen atoms in total. The predicted octanol–water partition coefficient (Wildman–Crippen LogP) is 7.81. The average Bonchev–Trinajstić information content (AvgIpc) is 2.87. The lowest BCUT2D eigenvalue weighted by molar-refractivity contribution is 0.282. The van der Waals surface area contributed by atoms with E-state index in [9.17, 15) is 0 Å². The Morgan fingerprint density at radius 3 is 1.52 bits per heavy atom. The van der Waals surface area contributed by atoms with E-state index in [2.05, 4.69) is 48.5 Å². The number of benzene rings is 3. The van der Waals surface area contributed by atoms with Crippen molar-refractivity contribution in [2.24, 2.45) is 0 Å². The number of ether oxygens (including phenoxy) is 2. The highest BCUT2D eigenvalue weighted by molar-refractivity contribution is 5.64. The molecule has 0 bridgehead atoms. The maximum atomic E-state index is 8.78. The smallest absolute Gasteiger partial charge is 0.119 e. The van der Waals surface area contributed by atoms with Crippen LogP contribution in [0.15, 0.2) is 78.9 Å². The number of hydrogen-bond acceptors (Lipinski definition) is 3. The summed E-state index contributed by atoms with van der Waals surface area (Å²) in [5.41, 5.74) is 3.52. The fourth-order valence-corrected chi connectivity index (χ4v) is 3.87. The number of aliphatic hydroxyl groups excluding tert-OH is 1. The molecule has 0 radical (unpaired) electrons. The van der Waals surface area contributed by atoms with Gasteiger partial charge in [0.1, 0.15) is 18.1 Å². The predicted molar refractivity (Wildman–Crippen MR) is 137 cm³/mol. The van der Waals surface area contributed by atoms with Crippen molar-refractivity contribution in [3.05, 3.63) is 84.4 Å². The van der Waals surface area contributed by atoms with Crippen LogP contribution in [0, 0.1) is 0 Å². The van der Waals surface area contributed by atoms with Gasteiger partial charge in [-0.3, -0.25) is 0 Å². The van der Waals surface area contributed by atoms with Gasteiger partial charge in [0.2, 0.25) is 0 Å².